The van der Waals surface area contributed by atoms with Crippen molar-refractivity contribution in [2.45, 2.75) is 12.3 Å². The molecule has 1 aliphatic carbocycles. The first kappa shape index (κ1) is 32.6. The Morgan fingerprint density at radius 3 is 1.86 bits per heavy atom. The van der Waals surface area contributed by atoms with E-state index in [1.165, 1.54) is 27.5 Å². The van der Waals surface area contributed by atoms with Crippen molar-refractivity contribution in [3.05, 3.63) is 205 Å². The Morgan fingerprint density at radius 2 is 1.03 bits per heavy atom. The van der Waals surface area contributed by atoms with Gasteiger partial charge in [0.05, 0.1) is 0 Å². The van der Waals surface area contributed by atoms with E-state index >= 15 is 0 Å². The largest absolute Gasteiger partial charge is 0.460 e. The summed E-state index contributed by atoms with van der Waals surface area (Å²) in [5.74, 6) is 2.70. The summed E-state index contributed by atoms with van der Waals surface area (Å²) in [6.07, 6.45) is 3.07. The van der Waals surface area contributed by atoms with Gasteiger partial charge in [0.25, 0.3) is 0 Å². The summed E-state index contributed by atoms with van der Waals surface area (Å²) in [7, 11) is 0. The molecule has 1 atom stereocenters. The summed E-state index contributed by atoms with van der Waals surface area (Å²) in [5.41, 5.74) is 9.88. The molecule has 0 radical (unpaired) electrons. The van der Waals surface area contributed by atoms with Crippen LogP contribution in [0.2, 0.25) is 0 Å². The molecule has 8 aromatic carbocycles. The number of para-hydroxylation sites is 2. The van der Waals surface area contributed by atoms with E-state index in [9.17, 15) is 0 Å². The van der Waals surface area contributed by atoms with Crippen LogP contribution in [0.3, 0.4) is 0 Å². The molecule has 11 aromatic rings. The van der Waals surface area contributed by atoms with E-state index in [0.717, 1.165) is 71.7 Å². The van der Waals surface area contributed by atoms with Crippen LogP contribution in [-0.4, -0.2) is 15.0 Å². The maximum Gasteiger partial charge on any atom is 0.164 e. The number of benzene rings is 8. The number of furan rings is 2. The van der Waals surface area contributed by atoms with Crippen LogP contribution in [0.25, 0.3) is 93.9 Å². The van der Waals surface area contributed by atoms with Crippen molar-refractivity contribution in [2.24, 2.45) is 0 Å². The molecule has 3 heterocycles. The lowest BCUT2D eigenvalue weighted by atomic mass is 9.81. The minimum Gasteiger partial charge on any atom is -0.460 e. The molecule has 3 aromatic heterocycles. The highest BCUT2D eigenvalue weighted by Crippen LogP contribution is 2.45. The molecule has 0 amide bonds. The molecule has 0 aliphatic heterocycles. The van der Waals surface area contributed by atoms with Gasteiger partial charge in [0, 0.05) is 50.8 Å². The van der Waals surface area contributed by atoms with Crippen molar-refractivity contribution >= 4 is 60.0 Å². The summed E-state index contributed by atoms with van der Waals surface area (Å²) in [6.45, 7) is 0. The van der Waals surface area contributed by atoms with Crippen molar-refractivity contribution in [1.82, 2.24) is 15.0 Å². The molecule has 272 valence electrons. The highest BCUT2D eigenvalue weighted by molar-refractivity contribution is 6.06. The van der Waals surface area contributed by atoms with Crippen molar-refractivity contribution in [2.75, 3.05) is 0 Å². The highest BCUT2D eigenvalue weighted by Gasteiger charge is 2.31. The van der Waals surface area contributed by atoms with Gasteiger partial charge in [-0.3, -0.25) is 0 Å². The number of fused-ring (bicyclic) bond motifs is 8. The van der Waals surface area contributed by atoms with Gasteiger partial charge in [-0.2, -0.15) is 0 Å². The standard InChI is InChI=1S/C53H33N3O2/c1-2-13-33(14-3-1)38-26-27-39(41-17-7-6-16-40(38)41)37-29-45(50-44-19-9-11-21-47(44)58-49(50)31-37)53-55-51(35-23-22-32-12-4-5-15-34(32)28-35)54-52(56-53)36-24-25-43-42-18-8-10-20-46(42)57-48(43)30-36/h1-30,37H,31H2. The van der Waals surface area contributed by atoms with Gasteiger partial charge in [0.1, 0.15) is 22.5 Å². The topological polar surface area (TPSA) is 65.0 Å². The molecule has 0 N–H and O–H groups in total. The van der Waals surface area contributed by atoms with E-state index in [1.54, 1.807) is 0 Å². The molecule has 0 saturated heterocycles. The maximum absolute atomic E-state index is 6.73. The SMILES string of the molecule is C1=C(c2nc(-c3ccc4ccccc4c3)nc(-c3ccc4c(c3)oc3ccccc34)n2)c2c(oc3ccccc23)CC1c1ccc(-c2ccccc2)c2ccccc12. The number of allylic oxidation sites excluding steroid dienone is 1. The number of rotatable bonds is 5. The van der Waals surface area contributed by atoms with Crippen LogP contribution in [0.15, 0.2) is 191 Å². The fourth-order valence-corrected chi connectivity index (χ4v) is 8.93. The van der Waals surface area contributed by atoms with Crippen LogP contribution < -0.4 is 0 Å². The van der Waals surface area contributed by atoms with Crippen LogP contribution in [0, 0.1) is 0 Å². The molecular formula is C53H33N3O2. The van der Waals surface area contributed by atoms with Gasteiger partial charge in [0.2, 0.25) is 0 Å². The second-order valence-electron chi connectivity index (χ2n) is 15.1. The van der Waals surface area contributed by atoms with Gasteiger partial charge in [-0.25, -0.2) is 15.0 Å². The van der Waals surface area contributed by atoms with Gasteiger partial charge < -0.3 is 8.83 Å². The minimum absolute atomic E-state index is 0.00554. The van der Waals surface area contributed by atoms with E-state index in [2.05, 4.69) is 152 Å². The minimum atomic E-state index is -0.00554. The lowest BCUT2D eigenvalue weighted by molar-refractivity contribution is 0.532. The first-order valence-electron chi connectivity index (χ1n) is 19.7. The highest BCUT2D eigenvalue weighted by atomic mass is 16.3. The second kappa shape index (κ2) is 13.0. The molecule has 1 aliphatic rings. The Kier molecular flexibility index (Phi) is 7.29. The summed E-state index contributed by atoms with van der Waals surface area (Å²) >= 11 is 0. The molecule has 0 fully saturated rings. The Balaban J connectivity index is 1.09. The molecule has 1 unspecified atom stereocenters. The normalized spacial score (nSPS) is 14.1. The predicted molar refractivity (Wildman–Crippen MR) is 235 cm³/mol. The van der Waals surface area contributed by atoms with Gasteiger partial charge >= 0.3 is 0 Å². The fourth-order valence-electron chi connectivity index (χ4n) is 8.93. The third-order valence-corrected chi connectivity index (χ3v) is 11.7. The van der Waals surface area contributed by atoms with E-state index in [4.69, 9.17) is 23.8 Å². The van der Waals surface area contributed by atoms with Crippen molar-refractivity contribution < 1.29 is 8.83 Å². The van der Waals surface area contributed by atoms with Gasteiger partial charge in [-0.1, -0.05) is 152 Å². The quantitative estimate of drug-likeness (QED) is 0.176. The summed E-state index contributed by atoms with van der Waals surface area (Å²) in [5, 5.41) is 7.91. The number of aromatic nitrogens is 3. The van der Waals surface area contributed by atoms with Crippen LogP contribution in [0.1, 0.15) is 28.6 Å². The lowest BCUT2D eigenvalue weighted by Gasteiger charge is -2.23. The van der Waals surface area contributed by atoms with Crippen molar-refractivity contribution in [1.29, 1.82) is 0 Å². The van der Waals surface area contributed by atoms with E-state index in [-0.39, 0.29) is 5.92 Å². The fraction of sp³-hybridized carbons (Fsp3) is 0.0377. The molecule has 5 heteroatoms. The zero-order valence-electron chi connectivity index (χ0n) is 31.3. The van der Waals surface area contributed by atoms with Crippen LogP contribution in [-0.2, 0) is 6.42 Å². The van der Waals surface area contributed by atoms with Crippen molar-refractivity contribution in [3.63, 3.8) is 0 Å². The average Bonchev–Trinajstić information content (AvgIpc) is 3.86. The molecule has 0 bridgehead atoms. The van der Waals surface area contributed by atoms with Gasteiger partial charge in [-0.15, -0.1) is 0 Å². The molecule has 12 rings (SSSR count). The third kappa shape index (κ3) is 5.28. The average molecular weight is 744 g/mol. The predicted octanol–water partition coefficient (Wildman–Crippen LogP) is 13.6. The Labute approximate surface area is 333 Å². The third-order valence-electron chi connectivity index (χ3n) is 11.7. The summed E-state index contributed by atoms with van der Waals surface area (Å²) in [6, 6.07) is 61.4. The Bertz CT molecular complexity index is 3450. The van der Waals surface area contributed by atoms with Crippen molar-refractivity contribution in [3.8, 4) is 33.9 Å². The molecule has 58 heavy (non-hydrogen) atoms. The van der Waals surface area contributed by atoms with Crippen LogP contribution in [0.4, 0.5) is 0 Å². The molecule has 0 saturated carbocycles. The number of nitrogens with zero attached hydrogens (tertiary/aromatic N) is 3. The number of hydrogen-bond donors (Lipinski definition) is 0. The first-order valence-corrected chi connectivity index (χ1v) is 19.7. The van der Waals surface area contributed by atoms with E-state index in [0.29, 0.717) is 23.9 Å². The smallest absolute Gasteiger partial charge is 0.164 e. The zero-order chi connectivity index (χ0) is 38.2. The summed E-state index contributed by atoms with van der Waals surface area (Å²) < 4.78 is 13.1. The first-order chi connectivity index (χ1) is 28.7. The van der Waals surface area contributed by atoms with E-state index in [1.807, 2.05) is 30.3 Å². The van der Waals surface area contributed by atoms with Gasteiger partial charge in [-0.05, 0) is 68.6 Å². The lowest BCUT2D eigenvalue weighted by Crippen LogP contribution is -2.12. The van der Waals surface area contributed by atoms with Crippen LogP contribution in [0.5, 0.6) is 0 Å². The Morgan fingerprint density at radius 1 is 0.414 bits per heavy atom. The zero-order valence-corrected chi connectivity index (χ0v) is 31.3. The Hall–Kier alpha value is -7.63. The van der Waals surface area contributed by atoms with E-state index < -0.39 is 0 Å². The molecule has 0 spiro atoms. The summed E-state index contributed by atoms with van der Waals surface area (Å²) in [4.78, 5) is 15.8. The molecular weight excluding hydrogens is 711 g/mol. The monoisotopic (exact) mass is 743 g/mol. The van der Waals surface area contributed by atoms with Gasteiger partial charge in [0.15, 0.2) is 17.5 Å². The van der Waals surface area contributed by atoms with Crippen LogP contribution >= 0.6 is 0 Å². The number of hydrogen-bond acceptors (Lipinski definition) is 5. The molecule has 5 nitrogen and oxygen atoms in total. The maximum atomic E-state index is 6.73. The second-order valence-corrected chi connectivity index (χ2v) is 15.1.